The highest BCUT2D eigenvalue weighted by atomic mass is 32.2. The smallest absolute Gasteiger partial charge is 0.243 e. The van der Waals surface area contributed by atoms with Gasteiger partial charge in [0.1, 0.15) is 5.82 Å². The van der Waals surface area contributed by atoms with E-state index in [0.29, 0.717) is 26.2 Å². The van der Waals surface area contributed by atoms with Gasteiger partial charge in [-0.3, -0.25) is 9.69 Å². The molecule has 5 fully saturated rings. The summed E-state index contributed by atoms with van der Waals surface area (Å²) in [6.07, 6.45) is 7.41. The fraction of sp³-hybridized carbons (Fsp3) is 0.696. The highest BCUT2D eigenvalue weighted by molar-refractivity contribution is 7.89. The van der Waals surface area contributed by atoms with Gasteiger partial charge < -0.3 is 5.32 Å². The maximum Gasteiger partial charge on any atom is 0.243 e. The molecule has 1 N–H and O–H groups in total. The van der Waals surface area contributed by atoms with Crippen molar-refractivity contribution >= 4 is 15.9 Å². The number of nitrogens with zero attached hydrogens (tertiary/aromatic N) is 2. The van der Waals surface area contributed by atoms with Gasteiger partial charge in [-0.15, -0.1) is 0 Å². The molecule has 1 aromatic rings. The van der Waals surface area contributed by atoms with Crippen LogP contribution in [0.3, 0.4) is 0 Å². The van der Waals surface area contributed by atoms with Gasteiger partial charge in [0, 0.05) is 31.7 Å². The molecule has 170 valence electrons. The third-order valence-corrected chi connectivity index (χ3v) is 9.99. The fourth-order valence-electron chi connectivity index (χ4n) is 6.88. The van der Waals surface area contributed by atoms with Crippen LogP contribution in [0.25, 0.3) is 0 Å². The molecule has 1 atom stereocenters. The van der Waals surface area contributed by atoms with E-state index in [4.69, 9.17) is 0 Å². The molecule has 1 saturated heterocycles. The number of piperazine rings is 1. The second-order valence-electron chi connectivity index (χ2n) is 10.3. The Balaban J connectivity index is 1.19. The summed E-state index contributed by atoms with van der Waals surface area (Å²) in [5, 5.41) is 3.45. The van der Waals surface area contributed by atoms with Crippen LogP contribution in [0, 0.1) is 23.6 Å². The zero-order valence-electron chi connectivity index (χ0n) is 18.1. The number of hydrogen-bond acceptors (Lipinski definition) is 4. The Morgan fingerprint density at radius 1 is 1.00 bits per heavy atom. The normalized spacial score (nSPS) is 34.6. The van der Waals surface area contributed by atoms with E-state index >= 15 is 0 Å². The number of nitrogens with one attached hydrogen (secondary N) is 1. The number of carbonyl (C=O) groups is 1. The Morgan fingerprint density at radius 3 is 2.03 bits per heavy atom. The molecule has 6 nitrogen and oxygen atoms in total. The van der Waals surface area contributed by atoms with Crippen LogP contribution in [0.4, 0.5) is 4.39 Å². The van der Waals surface area contributed by atoms with Crippen LogP contribution in [0.5, 0.6) is 0 Å². The first-order chi connectivity index (χ1) is 14.7. The van der Waals surface area contributed by atoms with E-state index in [0.717, 1.165) is 37.0 Å². The molecular formula is C23H32FN3O3S. The predicted molar refractivity (Wildman–Crippen MR) is 115 cm³/mol. The van der Waals surface area contributed by atoms with Crippen molar-refractivity contribution in [3.63, 3.8) is 0 Å². The van der Waals surface area contributed by atoms with Crippen molar-refractivity contribution < 1.29 is 17.6 Å². The first kappa shape index (κ1) is 21.3. The molecule has 0 unspecified atom stereocenters. The summed E-state index contributed by atoms with van der Waals surface area (Å²) in [5.41, 5.74) is -0.00611. The largest absolute Gasteiger partial charge is 0.349 e. The van der Waals surface area contributed by atoms with Crippen LogP contribution in [-0.4, -0.2) is 61.3 Å². The van der Waals surface area contributed by atoms with Crippen molar-refractivity contribution in [1.82, 2.24) is 14.5 Å². The van der Waals surface area contributed by atoms with Crippen molar-refractivity contribution in [2.75, 3.05) is 26.2 Å². The average Bonchev–Trinajstić information content (AvgIpc) is 2.72. The molecular weight excluding hydrogens is 417 g/mol. The minimum absolute atomic E-state index is 0.00611. The Labute approximate surface area is 184 Å². The number of amides is 1. The Bertz CT molecular complexity index is 906. The topological polar surface area (TPSA) is 69.7 Å². The maximum atomic E-state index is 13.1. The molecule has 8 heteroatoms. The van der Waals surface area contributed by atoms with Crippen molar-refractivity contribution in [1.29, 1.82) is 0 Å². The quantitative estimate of drug-likeness (QED) is 0.750. The summed E-state index contributed by atoms with van der Waals surface area (Å²) in [7, 11) is -3.65. The standard InChI is InChI=1S/C23H32FN3O3S/c1-16(22(28)25-23-13-17-10-18(14-23)12-19(11-17)15-23)26-6-8-27(9-7-26)31(29,30)21-4-2-20(24)3-5-21/h2-5,16-19H,6-15H2,1H3,(H,25,28)/t16-,17?,18?,19?,23?/m0/s1. The van der Waals surface area contributed by atoms with Crippen LogP contribution in [-0.2, 0) is 14.8 Å². The molecule has 4 bridgehead atoms. The zero-order valence-corrected chi connectivity index (χ0v) is 18.9. The minimum Gasteiger partial charge on any atom is -0.349 e. The van der Waals surface area contributed by atoms with Crippen LogP contribution in [0.15, 0.2) is 29.2 Å². The van der Waals surface area contributed by atoms with E-state index in [1.807, 2.05) is 6.92 Å². The van der Waals surface area contributed by atoms with Gasteiger partial charge in [-0.25, -0.2) is 12.8 Å². The number of benzene rings is 1. The van der Waals surface area contributed by atoms with E-state index in [-0.39, 0.29) is 22.4 Å². The van der Waals surface area contributed by atoms with Gasteiger partial charge in [-0.05, 0) is 87.5 Å². The third-order valence-electron chi connectivity index (χ3n) is 8.08. The van der Waals surface area contributed by atoms with Crippen molar-refractivity contribution in [3.8, 4) is 0 Å². The van der Waals surface area contributed by atoms with E-state index in [1.165, 1.54) is 47.8 Å². The molecule has 0 aromatic heterocycles. The minimum atomic E-state index is -3.65. The van der Waals surface area contributed by atoms with Gasteiger partial charge in [-0.1, -0.05) is 0 Å². The first-order valence-corrected chi connectivity index (χ1v) is 13.0. The predicted octanol–water partition coefficient (Wildman–Crippen LogP) is 2.61. The van der Waals surface area contributed by atoms with Gasteiger partial charge in [0.2, 0.25) is 15.9 Å². The lowest BCUT2D eigenvalue weighted by molar-refractivity contribution is -0.132. The number of rotatable bonds is 5. The summed E-state index contributed by atoms with van der Waals surface area (Å²) >= 11 is 0. The van der Waals surface area contributed by atoms with Crippen molar-refractivity contribution in [2.24, 2.45) is 17.8 Å². The Morgan fingerprint density at radius 2 is 1.52 bits per heavy atom. The summed E-state index contributed by atoms with van der Waals surface area (Å²) in [6.45, 7) is 3.61. The molecule has 0 spiro atoms. The first-order valence-electron chi connectivity index (χ1n) is 11.6. The van der Waals surface area contributed by atoms with E-state index in [1.54, 1.807) is 0 Å². The molecule has 4 saturated carbocycles. The van der Waals surface area contributed by atoms with Crippen LogP contribution in [0.1, 0.15) is 45.4 Å². The van der Waals surface area contributed by atoms with E-state index in [2.05, 4.69) is 10.2 Å². The van der Waals surface area contributed by atoms with Crippen LogP contribution >= 0.6 is 0 Å². The summed E-state index contributed by atoms with van der Waals surface area (Å²) in [4.78, 5) is 15.3. The monoisotopic (exact) mass is 449 g/mol. The molecule has 1 aromatic carbocycles. The van der Waals surface area contributed by atoms with Gasteiger partial charge in [-0.2, -0.15) is 4.31 Å². The second kappa shape index (κ2) is 7.81. The SMILES string of the molecule is C[C@@H](C(=O)NC12CC3CC(CC(C3)C1)C2)N1CCN(S(=O)(=O)c2ccc(F)cc2)CC1. The highest BCUT2D eigenvalue weighted by Crippen LogP contribution is 2.55. The fourth-order valence-corrected chi connectivity index (χ4v) is 8.30. The maximum absolute atomic E-state index is 13.1. The molecule has 5 aliphatic rings. The van der Waals surface area contributed by atoms with Gasteiger partial charge in [0.15, 0.2) is 0 Å². The molecule has 1 amide bonds. The Kier molecular flexibility index (Phi) is 5.38. The van der Waals surface area contributed by atoms with Crippen molar-refractivity contribution in [2.45, 2.75) is 61.9 Å². The Hall–Kier alpha value is -1.51. The summed E-state index contributed by atoms with van der Waals surface area (Å²) in [6, 6.07) is 4.67. The lowest BCUT2D eigenvalue weighted by Gasteiger charge is -2.57. The second-order valence-corrected chi connectivity index (χ2v) is 12.2. The molecule has 1 aliphatic heterocycles. The lowest BCUT2D eigenvalue weighted by atomic mass is 9.53. The number of carbonyl (C=O) groups excluding carboxylic acids is 1. The average molecular weight is 450 g/mol. The molecule has 4 aliphatic carbocycles. The molecule has 31 heavy (non-hydrogen) atoms. The van der Waals surface area contributed by atoms with E-state index < -0.39 is 15.8 Å². The lowest BCUT2D eigenvalue weighted by Crippen LogP contribution is -2.63. The van der Waals surface area contributed by atoms with Crippen LogP contribution in [0.2, 0.25) is 0 Å². The van der Waals surface area contributed by atoms with Crippen LogP contribution < -0.4 is 5.32 Å². The van der Waals surface area contributed by atoms with Gasteiger partial charge in [0.05, 0.1) is 10.9 Å². The molecule has 6 rings (SSSR count). The number of hydrogen-bond donors (Lipinski definition) is 1. The van der Waals surface area contributed by atoms with Gasteiger partial charge >= 0.3 is 0 Å². The molecule has 1 heterocycles. The third kappa shape index (κ3) is 4.02. The zero-order chi connectivity index (χ0) is 21.8. The van der Waals surface area contributed by atoms with Crippen molar-refractivity contribution in [3.05, 3.63) is 30.1 Å². The summed E-state index contributed by atoms with van der Waals surface area (Å²) < 4.78 is 40.2. The highest BCUT2D eigenvalue weighted by Gasteiger charge is 2.52. The van der Waals surface area contributed by atoms with Gasteiger partial charge in [0.25, 0.3) is 0 Å². The number of halogens is 1. The number of sulfonamides is 1. The molecule has 0 radical (unpaired) electrons. The summed E-state index contributed by atoms with van der Waals surface area (Å²) in [5.74, 6) is 1.96. The van der Waals surface area contributed by atoms with E-state index in [9.17, 15) is 17.6 Å².